The molecule has 0 aromatic carbocycles. The molecule has 0 amide bonds. The molecule has 78 valence electrons. The monoisotopic (exact) mass is 203 g/mol. The summed E-state index contributed by atoms with van der Waals surface area (Å²) in [5.41, 5.74) is 1.88. The van der Waals surface area contributed by atoms with Crippen molar-refractivity contribution in [2.24, 2.45) is 0 Å². The second-order valence-corrected chi connectivity index (χ2v) is 3.45. The maximum absolute atomic E-state index is 5.10. The molecule has 0 unspecified atom stereocenters. The topological polar surface area (TPSA) is 51.8 Å². The van der Waals surface area contributed by atoms with Gasteiger partial charge < -0.3 is 4.52 Å². The Kier molecular flexibility index (Phi) is 2.76. The van der Waals surface area contributed by atoms with E-state index in [9.17, 15) is 0 Å². The Morgan fingerprint density at radius 2 is 2.20 bits per heavy atom. The Morgan fingerprint density at radius 1 is 1.33 bits per heavy atom. The van der Waals surface area contributed by atoms with E-state index >= 15 is 0 Å². The molecule has 0 fully saturated rings. The second-order valence-electron chi connectivity index (χ2n) is 3.45. The van der Waals surface area contributed by atoms with Crippen LogP contribution in [0.15, 0.2) is 22.9 Å². The summed E-state index contributed by atoms with van der Waals surface area (Å²) in [4.78, 5) is 8.47. The first-order chi connectivity index (χ1) is 7.29. The lowest BCUT2D eigenvalue weighted by molar-refractivity contribution is 0.378. The Morgan fingerprint density at radius 3 is 2.87 bits per heavy atom. The molecular formula is C11H13N3O. The Bertz CT molecular complexity index is 433. The highest BCUT2D eigenvalue weighted by atomic mass is 16.5. The fraction of sp³-hybridized carbons (Fsp3) is 0.364. The van der Waals surface area contributed by atoms with Crippen LogP contribution in [0.3, 0.4) is 0 Å². The van der Waals surface area contributed by atoms with Crippen LogP contribution in [-0.4, -0.2) is 15.1 Å². The third-order valence-corrected chi connectivity index (χ3v) is 2.10. The average Bonchev–Trinajstić information content (AvgIpc) is 2.68. The molecule has 0 N–H and O–H groups in total. The van der Waals surface area contributed by atoms with Gasteiger partial charge in [-0.15, -0.1) is 0 Å². The van der Waals surface area contributed by atoms with Crippen molar-refractivity contribution in [1.82, 2.24) is 15.1 Å². The zero-order chi connectivity index (χ0) is 10.7. The molecule has 2 rings (SSSR count). The number of hydrogen-bond acceptors (Lipinski definition) is 4. The van der Waals surface area contributed by atoms with E-state index in [0.29, 0.717) is 11.7 Å². The second kappa shape index (κ2) is 4.21. The van der Waals surface area contributed by atoms with Gasteiger partial charge in [-0.2, -0.15) is 4.98 Å². The van der Waals surface area contributed by atoms with Crippen molar-refractivity contribution in [1.29, 1.82) is 0 Å². The van der Waals surface area contributed by atoms with Gasteiger partial charge >= 0.3 is 0 Å². The smallest absolute Gasteiger partial charge is 0.226 e. The first-order valence-corrected chi connectivity index (χ1v) is 5.05. The van der Waals surface area contributed by atoms with E-state index in [1.807, 2.05) is 19.1 Å². The molecule has 0 saturated carbocycles. The van der Waals surface area contributed by atoms with E-state index in [1.165, 1.54) is 0 Å². The fourth-order valence-electron chi connectivity index (χ4n) is 1.29. The van der Waals surface area contributed by atoms with Crippen LogP contribution in [0.2, 0.25) is 0 Å². The van der Waals surface area contributed by atoms with Crippen LogP contribution in [0.25, 0.3) is 11.4 Å². The highest BCUT2D eigenvalue weighted by Gasteiger charge is 2.07. The van der Waals surface area contributed by atoms with Crippen LogP contribution in [0.4, 0.5) is 0 Å². The fourth-order valence-corrected chi connectivity index (χ4v) is 1.29. The molecule has 2 heterocycles. The maximum Gasteiger partial charge on any atom is 0.226 e. The Labute approximate surface area is 88.4 Å². The molecule has 2 aromatic heterocycles. The van der Waals surface area contributed by atoms with Crippen molar-refractivity contribution < 1.29 is 4.52 Å². The van der Waals surface area contributed by atoms with E-state index in [1.54, 1.807) is 6.20 Å². The van der Waals surface area contributed by atoms with Gasteiger partial charge in [-0.25, -0.2) is 0 Å². The van der Waals surface area contributed by atoms with Crippen molar-refractivity contribution in [3.63, 3.8) is 0 Å². The molecule has 0 saturated heterocycles. The summed E-state index contributed by atoms with van der Waals surface area (Å²) >= 11 is 0. The van der Waals surface area contributed by atoms with Crippen molar-refractivity contribution >= 4 is 0 Å². The molecule has 0 radical (unpaired) electrons. The highest BCUT2D eigenvalue weighted by molar-refractivity contribution is 5.52. The molecule has 0 aliphatic heterocycles. The van der Waals surface area contributed by atoms with E-state index < -0.39 is 0 Å². The molecule has 4 nitrogen and oxygen atoms in total. The Balaban J connectivity index is 2.25. The predicted molar refractivity (Wildman–Crippen MR) is 56.3 cm³/mol. The van der Waals surface area contributed by atoms with Gasteiger partial charge in [-0.3, -0.25) is 4.98 Å². The first-order valence-electron chi connectivity index (χ1n) is 5.05. The van der Waals surface area contributed by atoms with Gasteiger partial charge in [0.15, 0.2) is 0 Å². The summed E-state index contributed by atoms with van der Waals surface area (Å²) in [6.45, 7) is 4.03. The van der Waals surface area contributed by atoms with Crippen LogP contribution in [0, 0.1) is 6.92 Å². The zero-order valence-electron chi connectivity index (χ0n) is 8.90. The largest absolute Gasteiger partial charge is 0.339 e. The van der Waals surface area contributed by atoms with Gasteiger partial charge in [-0.05, 0) is 25.5 Å². The van der Waals surface area contributed by atoms with E-state index in [2.05, 4.69) is 22.0 Å². The normalized spacial score (nSPS) is 10.5. The van der Waals surface area contributed by atoms with E-state index in [0.717, 1.165) is 24.1 Å². The highest BCUT2D eigenvalue weighted by Crippen LogP contribution is 2.15. The lowest BCUT2D eigenvalue weighted by Gasteiger charge is -1.93. The zero-order valence-corrected chi connectivity index (χ0v) is 8.90. The van der Waals surface area contributed by atoms with Gasteiger partial charge in [0.1, 0.15) is 0 Å². The standard InChI is InChI=1S/C11H13N3O/c1-3-4-10-13-11(14-15-10)9-6-5-8(2)12-7-9/h5-7H,3-4H2,1-2H3. The molecule has 0 aliphatic rings. The summed E-state index contributed by atoms with van der Waals surface area (Å²) in [5.74, 6) is 1.30. The van der Waals surface area contributed by atoms with Gasteiger partial charge in [-0.1, -0.05) is 12.1 Å². The quantitative estimate of drug-likeness (QED) is 0.768. The van der Waals surface area contributed by atoms with Gasteiger partial charge in [0, 0.05) is 23.9 Å². The average molecular weight is 203 g/mol. The lowest BCUT2D eigenvalue weighted by Crippen LogP contribution is -1.86. The maximum atomic E-state index is 5.10. The van der Waals surface area contributed by atoms with Crippen LogP contribution >= 0.6 is 0 Å². The molecule has 15 heavy (non-hydrogen) atoms. The molecule has 0 bridgehead atoms. The molecule has 0 atom stereocenters. The van der Waals surface area contributed by atoms with Crippen molar-refractivity contribution in [3.05, 3.63) is 29.9 Å². The van der Waals surface area contributed by atoms with Gasteiger partial charge in [0.25, 0.3) is 0 Å². The predicted octanol–water partition coefficient (Wildman–Crippen LogP) is 2.39. The summed E-state index contributed by atoms with van der Waals surface area (Å²) in [5, 5.41) is 3.91. The summed E-state index contributed by atoms with van der Waals surface area (Å²) in [6, 6.07) is 3.88. The molecule has 2 aromatic rings. The van der Waals surface area contributed by atoms with Crippen molar-refractivity contribution in [3.8, 4) is 11.4 Å². The SMILES string of the molecule is CCCc1nc(-c2ccc(C)nc2)no1. The molecule has 4 heteroatoms. The van der Waals surface area contributed by atoms with Crippen molar-refractivity contribution in [2.45, 2.75) is 26.7 Å². The summed E-state index contributed by atoms with van der Waals surface area (Å²) < 4.78 is 5.10. The number of rotatable bonds is 3. The lowest BCUT2D eigenvalue weighted by atomic mass is 10.2. The molecule has 0 aliphatic carbocycles. The first kappa shape index (κ1) is 9.83. The number of aryl methyl sites for hydroxylation is 2. The summed E-state index contributed by atoms with van der Waals surface area (Å²) in [6.07, 6.45) is 3.59. The Hall–Kier alpha value is -1.71. The van der Waals surface area contributed by atoms with Crippen molar-refractivity contribution in [2.75, 3.05) is 0 Å². The van der Waals surface area contributed by atoms with Gasteiger partial charge in [0.2, 0.25) is 11.7 Å². The van der Waals surface area contributed by atoms with Crippen LogP contribution in [0.5, 0.6) is 0 Å². The number of pyridine rings is 1. The molecule has 0 spiro atoms. The van der Waals surface area contributed by atoms with Crippen LogP contribution in [-0.2, 0) is 6.42 Å². The van der Waals surface area contributed by atoms with Crippen LogP contribution in [0.1, 0.15) is 24.9 Å². The molecular weight excluding hydrogens is 190 g/mol. The number of nitrogens with zero attached hydrogens (tertiary/aromatic N) is 3. The van der Waals surface area contributed by atoms with E-state index in [-0.39, 0.29) is 0 Å². The van der Waals surface area contributed by atoms with E-state index in [4.69, 9.17) is 4.52 Å². The third-order valence-electron chi connectivity index (χ3n) is 2.10. The summed E-state index contributed by atoms with van der Waals surface area (Å²) in [7, 11) is 0. The minimum Gasteiger partial charge on any atom is -0.339 e. The number of aromatic nitrogens is 3. The van der Waals surface area contributed by atoms with Crippen LogP contribution < -0.4 is 0 Å². The van der Waals surface area contributed by atoms with Gasteiger partial charge in [0.05, 0.1) is 0 Å². The number of hydrogen-bond donors (Lipinski definition) is 0. The third kappa shape index (κ3) is 2.21. The minimum absolute atomic E-state index is 0.617. The minimum atomic E-state index is 0.617.